The number of hydrogen-bond acceptors (Lipinski definition) is 2. The van der Waals surface area contributed by atoms with Gasteiger partial charge in [-0.2, -0.15) is 8.42 Å². The molecule has 0 fully saturated rings. The van der Waals surface area contributed by atoms with Crippen molar-refractivity contribution in [3.8, 4) is 0 Å². The van der Waals surface area contributed by atoms with Crippen LogP contribution in [0.15, 0.2) is 0 Å². The fourth-order valence-corrected chi connectivity index (χ4v) is 1.35. The molecule has 0 aliphatic heterocycles. The fraction of sp³-hybridized carbons (Fsp3) is 1.00. The molecule has 0 radical (unpaired) electrons. The minimum atomic E-state index is -4.67. The zero-order valence-corrected chi connectivity index (χ0v) is 11.2. The fourth-order valence-electron chi connectivity index (χ4n) is 0.854. The Kier molecular flexibility index (Phi) is 13.7. The SMILES string of the molecule is CCCCCC[CH2][Na].O=S(=O)(O)O. The van der Waals surface area contributed by atoms with Gasteiger partial charge in [0.05, 0.1) is 0 Å². The molecule has 4 nitrogen and oxygen atoms in total. The predicted molar refractivity (Wildman–Crippen MR) is 53.5 cm³/mol. The van der Waals surface area contributed by atoms with Crippen molar-refractivity contribution in [2.75, 3.05) is 0 Å². The van der Waals surface area contributed by atoms with Crippen molar-refractivity contribution in [3.63, 3.8) is 0 Å². The first kappa shape index (κ1) is 16.3. The molecule has 0 saturated heterocycles. The Hall–Kier alpha value is 0.870. The molecule has 6 heteroatoms. The number of rotatable bonds is 5. The van der Waals surface area contributed by atoms with E-state index >= 15 is 0 Å². The summed E-state index contributed by atoms with van der Waals surface area (Å²) >= 11 is 1.41. The summed E-state index contributed by atoms with van der Waals surface area (Å²) in [6.45, 7) is 2.26. The number of hydrogen-bond donors (Lipinski definition) is 2. The average molecular weight is 220 g/mol. The van der Waals surface area contributed by atoms with Gasteiger partial charge >= 0.3 is 81.0 Å². The molecule has 0 amide bonds. The van der Waals surface area contributed by atoms with Crippen LogP contribution in [0.4, 0.5) is 0 Å². The molecule has 0 heterocycles. The Bertz CT molecular complexity index is 165. The van der Waals surface area contributed by atoms with Gasteiger partial charge in [0.15, 0.2) is 0 Å². The van der Waals surface area contributed by atoms with Crippen LogP contribution in [0.3, 0.4) is 0 Å². The van der Waals surface area contributed by atoms with Crippen LogP contribution in [0.2, 0.25) is 3.67 Å². The Morgan fingerprint density at radius 1 is 1.08 bits per heavy atom. The van der Waals surface area contributed by atoms with Gasteiger partial charge in [-0.15, -0.1) is 0 Å². The molecule has 0 atom stereocenters. The molecule has 0 aromatic heterocycles. The molecule has 0 spiro atoms. The second kappa shape index (κ2) is 10.9. The molecule has 13 heavy (non-hydrogen) atoms. The summed E-state index contributed by atoms with van der Waals surface area (Å²) in [6.07, 6.45) is 7.27. The first-order valence-corrected chi connectivity index (χ1v) is 7.42. The molecule has 0 saturated carbocycles. The zero-order chi connectivity index (χ0) is 10.7. The standard InChI is InChI=1S/C7H15.Na.H2O4S/c1-3-5-7-6-4-2;;1-5(2,3)4/h1,3-7H2,2H3;;(H2,1,2,3,4). The maximum atomic E-state index is 8.74. The van der Waals surface area contributed by atoms with E-state index in [0.29, 0.717) is 0 Å². The largest absolute Gasteiger partial charge is 0.394 e. The van der Waals surface area contributed by atoms with Crippen molar-refractivity contribution in [2.24, 2.45) is 0 Å². The Labute approximate surface area is 98.1 Å². The third-order valence-corrected chi connectivity index (χ3v) is 2.16. The van der Waals surface area contributed by atoms with Crippen LogP contribution in [0.25, 0.3) is 0 Å². The third kappa shape index (κ3) is 44.1. The van der Waals surface area contributed by atoms with E-state index in [1.165, 1.54) is 63.7 Å². The summed E-state index contributed by atoms with van der Waals surface area (Å²) in [4.78, 5) is 0. The van der Waals surface area contributed by atoms with E-state index in [9.17, 15) is 0 Å². The van der Waals surface area contributed by atoms with E-state index in [1.807, 2.05) is 0 Å². The van der Waals surface area contributed by atoms with Gasteiger partial charge < -0.3 is 0 Å². The first-order valence-electron chi connectivity index (χ1n) is 4.61. The number of unbranched alkanes of at least 4 members (excludes halogenated alkanes) is 4. The maximum Gasteiger partial charge on any atom is 0.394 e. The van der Waals surface area contributed by atoms with E-state index in [1.54, 1.807) is 0 Å². The topological polar surface area (TPSA) is 74.6 Å². The first-order chi connectivity index (χ1) is 5.91. The summed E-state index contributed by atoms with van der Waals surface area (Å²) in [5, 5.41) is 0. The minimum Gasteiger partial charge on any atom is -0.264 e. The van der Waals surface area contributed by atoms with E-state index in [4.69, 9.17) is 17.5 Å². The smallest absolute Gasteiger partial charge is 0.264 e. The van der Waals surface area contributed by atoms with Crippen LogP contribution in [0.5, 0.6) is 0 Å². The second-order valence-electron chi connectivity index (χ2n) is 2.86. The van der Waals surface area contributed by atoms with Crippen LogP contribution < -0.4 is 0 Å². The van der Waals surface area contributed by atoms with Crippen molar-refractivity contribution in [1.29, 1.82) is 0 Å². The van der Waals surface area contributed by atoms with Crippen LogP contribution in [-0.4, -0.2) is 45.5 Å². The van der Waals surface area contributed by atoms with Gasteiger partial charge in [0, 0.05) is 0 Å². The Balaban J connectivity index is 0. The molecule has 2 N–H and O–H groups in total. The molecule has 0 aliphatic rings. The van der Waals surface area contributed by atoms with E-state index < -0.39 is 10.4 Å². The van der Waals surface area contributed by atoms with Crippen LogP contribution in [0.1, 0.15) is 39.0 Å². The molecular weight excluding hydrogens is 203 g/mol. The summed E-state index contributed by atoms with van der Waals surface area (Å²) in [5.74, 6) is 0. The van der Waals surface area contributed by atoms with Gasteiger partial charge in [0.1, 0.15) is 0 Å². The minimum absolute atomic E-state index is 1.38. The normalized spacial score (nSPS) is 10.5. The zero-order valence-electron chi connectivity index (χ0n) is 8.36. The molecule has 0 unspecified atom stereocenters. The van der Waals surface area contributed by atoms with Crippen molar-refractivity contribution < 1.29 is 17.5 Å². The van der Waals surface area contributed by atoms with Crippen LogP contribution in [-0.2, 0) is 10.4 Å². The third-order valence-electron chi connectivity index (χ3n) is 1.46. The second-order valence-corrected chi connectivity index (χ2v) is 4.76. The van der Waals surface area contributed by atoms with E-state index in [-0.39, 0.29) is 0 Å². The summed E-state index contributed by atoms with van der Waals surface area (Å²) in [5.41, 5.74) is 0. The van der Waals surface area contributed by atoms with Crippen molar-refractivity contribution in [3.05, 3.63) is 0 Å². The van der Waals surface area contributed by atoms with Crippen LogP contribution >= 0.6 is 0 Å². The van der Waals surface area contributed by atoms with Crippen molar-refractivity contribution >= 4 is 38.3 Å². The molecule has 0 aromatic rings. The van der Waals surface area contributed by atoms with Gasteiger partial charge in [0.2, 0.25) is 0 Å². The van der Waals surface area contributed by atoms with Gasteiger partial charge in [-0.3, -0.25) is 9.11 Å². The van der Waals surface area contributed by atoms with E-state index in [2.05, 4.69) is 6.92 Å². The predicted octanol–water partition coefficient (Wildman–Crippen LogP) is 1.89. The molecule has 0 rings (SSSR count). The molecule has 0 aromatic carbocycles. The van der Waals surface area contributed by atoms with Gasteiger partial charge in [-0.25, -0.2) is 0 Å². The van der Waals surface area contributed by atoms with Crippen molar-refractivity contribution in [2.45, 2.75) is 42.7 Å². The van der Waals surface area contributed by atoms with E-state index in [0.717, 1.165) is 0 Å². The monoisotopic (exact) mass is 220 g/mol. The molecular formula is C7H17NaO4S. The average Bonchev–Trinajstić information content (AvgIpc) is 1.95. The Morgan fingerprint density at radius 3 is 1.77 bits per heavy atom. The van der Waals surface area contributed by atoms with Gasteiger partial charge in [-0.1, -0.05) is 0 Å². The van der Waals surface area contributed by atoms with Gasteiger partial charge in [0.25, 0.3) is 0 Å². The molecule has 0 bridgehead atoms. The maximum absolute atomic E-state index is 8.74. The van der Waals surface area contributed by atoms with Crippen LogP contribution in [0, 0.1) is 0 Å². The molecule has 0 aliphatic carbocycles. The quantitative estimate of drug-likeness (QED) is 0.421. The molecule has 76 valence electrons. The van der Waals surface area contributed by atoms with Gasteiger partial charge in [-0.05, 0) is 0 Å². The summed E-state index contributed by atoms with van der Waals surface area (Å²) in [6, 6.07) is 0. The van der Waals surface area contributed by atoms with Crippen molar-refractivity contribution in [1.82, 2.24) is 0 Å². The summed E-state index contributed by atoms with van der Waals surface area (Å²) < 4.78 is 33.1. The summed E-state index contributed by atoms with van der Waals surface area (Å²) in [7, 11) is -4.67. The Morgan fingerprint density at radius 2 is 1.46 bits per heavy atom.